The summed E-state index contributed by atoms with van der Waals surface area (Å²) in [5, 5.41) is 7.31. The SMILES string of the molecule is C[C@@H](c1c[nH]c2ccccc12)[C@@H](NC(=O)N1CCC(c2ccccc2)CC1)C(=O)Nc1cccc(CN2CCOCC2)c1. The van der Waals surface area contributed by atoms with Crippen molar-refractivity contribution in [2.45, 2.75) is 44.2 Å². The Balaban J connectivity index is 1.18. The monoisotopic (exact) mass is 579 g/mol. The predicted molar refractivity (Wildman–Crippen MR) is 170 cm³/mol. The van der Waals surface area contributed by atoms with E-state index in [1.165, 1.54) is 5.56 Å². The Morgan fingerprint density at radius 3 is 2.47 bits per heavy atom. The van der Waals surface area contributed by atoms with E-state index in [-0.39, 0.29) is 17.9 Å². The van der Waals surface area contributed by atoms with Gasteiger partial charge in [-0.2, -0.15) is 0 Å². The first-order chi connectivity index (χ1) is 21.0. The molecule has 3 aromatic carbocycles. The highest BCUT2D eigenvalue weighted by Crippen LogP contribution is 2.30. The molecule has 8 nitrogen and oxygen atoms in total. The van der Waals surface area contributed by atoms with Gasteiger partial charge in [-0.25, -0.2) is 4.79 Å². The first kappa shape index (κ1) is 29.0. The maximum atomic E-state index is 14.0. The van der Waals surface area contributed by atoms with Gasteiger partial charge in [-0.1, -0.05) is 67.6 Å². The van der Waals surface area contributed by atoms with Gasteiger partial charge in [0.15, 0.2) is 0 Å². The minimum Gasteiger partial charge on any atom is -0.379 e. The number of aromatic nitrogens is 1. The number of ether oxygens (including phenoxy) is 1. The van der Waals surface area contributed by atoms with Gasteiger partial charge in [-0.15, -0.1) is 0 Å². The summed E-state index contributed by atoms with van der Waals surface area (Å²) in [6.45, 7) is 7.41. The highest BCUT2D eigenvalue weighted by Gasteiger charge is 2.32. The number of fused-ring (bicyclic) bond motifs is 1. The third kappa shape index (κ3) is 6.92. The van der Waals surface area contributed by atoms with E-state index in [2.05, 4.69) is 56.9 Å². The molecular weight excluding hydrogens is 538 g/mol. The van der Waals surface area contributed by atoms with Crippen molar-refractivity contribution in [3.05, 3.63) is 102 Å². The van der Waals surface area contributed by atoms with Crippen LogP contribution in [0.5, 0.6) is 0 Å². The molecule has 2 aliphatic heterocycles. The number of amides is 3. The standard InChI is InChI=1S/C35H41N5O3/c1-25(31-23-36-32-13-6-5-12-30(31)32)33(38-35(42)40-16-14-28(15-17-40)27-9-3-2-4-10-27)34(41)37-29-11-7-8-26(22-29)24-39-18-20-43-21-19-39/h2-13,22-23,25,28,33,36H,14-21,24H2,1H3,(H,37,41)(H,38,42)/t25-,33+/m0/s1. The Bertz CT molecular complexity index is 1520. The van der Waals surface area contributed by atoms with Crippen molar-refractivity contribution in [3.63, 3.8) is 0 Å². The lowest BCUT2D eigenvalue weighted by atomic mass is 9.89. The average Bonchev–Trinajstić information content (AvgIpc) is 3.49. The molecule has 2 atom stereocenters. The van der Waals surface area contributed by atoms with Gasteiger partial charge in [0, 0.05) is 61.4 Å². The van der Waals surface area contributed by atoms with Crippen LogP contribution in [-0.2, 0) is 16.1 Å². The van der Waals surface area contributed by atoms with Gasteiger partial charge in [0.05, 0.1) is 13.2 Å². The summed E-state index contributed by atoms with van der Waals surface area (Å²) in [7, 11) is 0. The van der Waals surface area contributed by atoms with Gasteiger partial charge in [-0.05, 0) is 53.6 Å². The number of likely N-dealkylation sites (tertiary alicyclic amines) is 1. The van der Waals surface area contributed by atoms with Crippen LogP contribution in [0.1, 0.15) is 48.3 Å². The van der Waals surface area contributed by atoms with Crippen molar-refractivity contribution in [2.75, 3.05) is 44.7 Å². The van der Waals surface area contributed by atoms with E-state index in [1.54, 1.807) is 0 Å². The average molecular weight is 580 g/mol. The van der Waals surface area contributed by atoms with E-state index in [0.29, 0.717) is 19.0 Å². The second-order valence-electron chi connectivity index (χ2n) is 11.8. The molecule has 0 unspecified atom stereocenters. The van der Waals surface area contributed by atoms with Gasteiger partial charge < -0.3 is 25.3 Å². The molecule has 2 aliphatic rings. The summed E-state index contributed by atoms with van der Waals surface area (Å²) in [6.07, 6.45) is 3.76. The Morgan fingerprint density at radius 1 is 0.930 bits per heavy atom. The molecule has 4 aromatic rings. The van der Waals surface area contributed by atoms with Crippen molar-refractivity contribution < 1.29 is 14.3 Å². The molecule has 0 saturated carbocycles. The van der Waals surface area contributed by atoms with Gasteiger partial charge in [-0.3, -0.25) is 9.69 Å². The number of anilines is 1. The number of aromatic amines is 1. The van der Waals surface area contributed by atoms with Crippen LogP contribution in [0.15, 0.2) is 85.1 Å². The summed E-state index contributed by atoms with van der Waals surface area (Å²) in [4.78, 5) is 35.1. The number of piperidine rings is 1. The Kier molecular flexibility index (Phi) is 9.05. The molecule has 3 N–H and O–H groups in total. The normalized spacial score (nSPS) is 17.8. The fourth-order valence-electron chi connectivity index (χ4n) is 6.42. The summed E-state index contributed by atoms with van der Waals surface area (Å²) in [5.41, 5.74) is 5.19. The number of carbonyl (C=O) groups is 2. The maximum absolute atomic E-state index is 14.0. The lowest BCUT2D eigenvalue weighted by molar-refractivity contribution is -0.118. The number of hydrogen-bond donors (Lipinski definition) is 3. The summed E-state index contributed by atoms with van der Waals surface area (Å²) in [5.74, 6) is -0.0495. The smallest absolute Gasteiger partial charge is 0.318 e. The third-order valence-electron chi connectivity index (χ3n) is 8.93. The Labute approximate surface area is 253 Å². The lowest BCUT2D eigenvalue weighted by Gasteiger charge is -2.34. The number of urea groups is 1. The number of nitrogens with zero attached hydrogens (tertiary/aromatic N) is 2. The quantitative estimate of drug-likeness (QED) is 0.250. The highest BCUT2D eigenvalue weighted by atomic mass is 16.5. The first-order valence-corrected chi connectivity index (χ1v) is 15.4. The molecule has 3 heterocycles. The number of benzene rings is 3. The van der Waals surface area contributed by atoms with Gasteiger partial charge in [0.2, 0.25) is 5.91 Å². The first-order valence-electron chi connectivity index (χ1n) is 15.4. The van der Waals surface area contributed by atoms with Crippen molar-refractivity contribution in [1.29, 1.82) is 0 Å². The van der Waals surface area contributed by atoms with E-state index in [9.17, 15) is 9.59 Å². The molecule has 0 spiro atoms. The van der Waals surface area contributed by atoms with Gasteiger partial charge in [0.25, 0.3) is 0 Å². The number of rotatable bonds is 8. The molecule has 3 amide bonds. The van der Waals surface area contributed by atoms with Crippen molar-refractivity contribution in [2.24, 2.45) is 0 Å². The van der Waals surface area contributed by atoms with E-state index < -0.39 is 6.04 Å². The number of para-hydroxylation sites is 1. The fraction of sp³-hybridized carbons (Fsp3) is 0.371. The molecule has 0 aliphatic carbocycles. The topological polar surface area (TPSA) is 89.7 Å². The van der Waals surface area contributed by atoms with Crippen molar-refractivity contribution >= 4 is 28.5 Å². The van der Waals surface area contributed by atoms with Crippen molar-refractivity contribution in [1.82, 2.24) is 20.1 Å². The molecule has 0 bridgehead atoms. The minimum absolute atomic E-state index is 0.195. The zero-order chi connectivity index (χ0) is 29.6. The number of H-pyrrole nitrogens is 1. The molecule has 224 valence electrons. The van der Waals surface area contributed by atoms with E-state index in [4.69, 9.17) is 4.74 Å². The predicted octanol–water partition coefficient (Wildman–Crippen LogP) is 5.70. The van der Waals surface area contributed by atoms with E-state index in [1.807, 2.05) is 60.5 Å². The lowest BCUT2D eigenvalue weighted by Crippen LogP contribution is -2.53. The van der Waals surface area contributed by atoms with Crippen molar-refractivity contribution in [3.8, 4) is 0 Å². The third-order valence-corrected chi connectivity index (χ3v) is 8.93. The van der Waals surface area contributed by atoms with Crippen LogP contribution in [0.3, 0.4) is 0 Å². The van der Waals surface area contributed by atoms with Crippen LogP contribution in [0.2, 0.25) is 0 Å². The van der Waals surface area contributed by atoms with Crippen LogP contribution in [0, 0.1) is 0 Å². The maximum Gasteiger partial charge on any atom is 0.318 e. The van der Waals surface area contributed by atoms with E-state index in [0.717, 1.165) is 73.4 Å². The molecule has 8 heteroatoms. The summed E-state index contributed by atoms with van der Waals surface area (Å²) in [6, 6.07) is 25.6. The molecule has 0 radical (unpaired) electrons. The molecule has 2 fully saturated rings. The largest absolute Gasteiger partial charge is 0.379 e. The van der Waals surface area contributed by atoms with Crippen LogP contribution in [0.4, 0.5) is 10.5 Å². The zero-order valence-electron chi connectivity index (χ0n) is 24.8. The van der Waals surface area contributed by atoms with Gasteiger partial charge >= 0.3 is 6.03 Å². The minimum atomic E-state index is -0.763. The molecule has 43 heavy (non-hydrogen) atoms. The Hall–Kier alpha value is -4.14. The number of nitrogens with one attached hydrogen (secondary N) is 3. The van der Waals surface area contributed by atoms with Crippen LogP contribution >= 0.6 is 0 Å². The second kappa shape index (κ2) is 13.4. The number of morpholine rings is 1. The molecule has 1 aromatic heterocycles. The highest BCUT2D eigenvalue weighted by molar-refractivity contribution is 5.98. The number of carbonyl (C=O) groups excluding carboxylic acids is 2. The number of hydrogen-bond acceptors (Lipinski definition) is 4. The zero-order valence-corrected chi connectivity index (χ0v) is 24.8. The van der Waals surface area contributed by atoms with Crippen LogP contribution in [0.25, 0.3) is 10.9 Å². The van der Waals surface area contributed by atoms with Crippen LogP contribution in [-0.4, -0.2) is 72.2 Å². The second-order valence-corrected chi connectivity index (χ2v) is 11.8. The van der Waals surface area contributed by atoms with Gasteiger partial charge in [0.1, 0.15) is 6.04 Å². The molecule has 2 saturated heterocycles. The molecule has 6 rings (SSSR count). The Morgan fingerprint density at radius 2 is 1.67 bits per heavy atom. The molecular formula is C35H41N5O3. The van der Waals surface area contributed by atoms with Crippen LogP contribution < -0.4 is 10.6 Å². The van der Waals surface area contributed by atoms with E-state index >= 15 is 0 Å². The fourth-order valence-corrected chi connectivity index (χ4v) is 6.42. The summed E-state index contributed by atoms with van der Waals surface area (Å²) < 4.78 is 5.48. The summed E-state index contributed by atoms with van der Waals surface area (Å²) >= 11 is 0.